The van der Waals surface area contributed by atoms with Crippen LogP contribution < -0.4 is 0 Å². The summed E-state index contributed by atoms with van der Waals surface area (Å²) in [6.07, 6.45) is 2.10. The highest BCUT2D eigenvalue weighted by atomic mass is 35.5. The van der Waals surface area contributed by atoms with Gasteiger partial charge in [-0.15, -0.1) is 0 Å². The van der Waals surface area contributed by atoms with Gasteiger partial charge in [0.15, 0.2) is 0 Å². The van der Waals surface area contributed by atoms with E-state index >= 15 is 0 Å². The van der Waals surface area contributed by atoms with Crippen LogP contribution in [0.15, 0.2) is 9.98 Å². The molecule has 0 aromatic heterocycles. The van der Waals surface area contributed by atoms with E-state index in [1.807, 2.05) is 6.92 Å². The summed E-state index contributed by atoms with van der Waals surface area (Å²) in [6, 6.07) is 0. The van der Waals surface area contributed by atoms with Crippen molar-refractivity contribution in [2.24, 2.45) is 9.98 Å². The lowest BCUT2D eigenvalue weighted by molar-refractivity contribution is 1.03. The van der Waals surface area contributed by atoms with E-state index in [0.29, 0.717) is 5.17 Å². The normalized spacial score (nSPS) is 16.2. The number of halogens is 2. The summed E-state index contributed by atoms with van der Waals surface area (Å²) in [5.41, 5.74) is -0.231. The van der Waals surface area contributed by atoms with Crippen LogP contribution in [0.25, 0.3) is 0 Å². The van der Waals surface area contributed by atoms with E-state index in [4.69, 9.17) is 23.2 Å². The summed E-state index contributed by atoms with van der Waals surface area (Å²) in [5, 5.41) is 0.543. The second-order valence-corrected chi connectivity index (χ2v) is 2.77. The van der Waals surface area contributed by atoms with Crippen molar-refractivity contribution in [1.82, 2.24) is 0 Å². The van der Waals surface area contributed by atoms with Crippen LogP contribution in [0.1, 0.15) is 20.3 Å². The molecule has 10 heavy (non-hydrogen) atoms. The minimum Gasteiger partial charge on any atom is -0.254 e. The summed E-state index contributed by atoms with van der Waals surface area (Å²) in [5.74, 6) is 0. The van der Waals surface area contributed by atoms with Crippen LogP contribution in [0.4, 0.5) is 0 Å². The lowest BCUT2D eigenvalue weighted by Gasteiger charge is -1.89. The van der Waals surface area contributed by atoms with Crippen molar-refractivity contribution in [3.63, 3.8) is 0 Å². The van der Waals surface area contributed by atoms with Crippen molar-refractivity contribution in [3.8, 4) is 0 Å². The highest BCUT2D eigenvalue weighted by molar-refractivity contribution is 6.65. The van der Waals surface area contributed by atoms with Crippen molar-refractivity contribution >= 4 is 34.7 Å². The number of aliphatic imine (C=N–C) groups is 2. The fourth-order valence-corrected chi connectivity index (χ4v) is 0.373. The SMILES string of the molecule is CC/C(Cl)=N\C=N/C(C)Cl. The van der Waals surface area contributed by atoms with Crippen molar-refractivity contribution in [2.75, 3.05) is 0 Å². The molecule has 0 fully saturated rings. The van der Waals surface area contributed by atoms with Gasteiger partial charge in [-0.3, -0.25) is 4.99 Å². The molecule has 0 bridgehead atoms. The Morgan fingerprint density at radius 2 is 2.30 bits per heavy atom. The minimum atomic E-state index is -0.231. The summed E-state index contributed by atoms with van der Waals surface area (Å²) >= 11 is 11.1. The standard InChI is InChI=1S/C6H10Cl2N2/c1-3-6(8)10-4-9-5(2)7/h4-5H,3H2,1-2H3/b9-4-,10-6+. The van der Waals surface area contributed by atoms with E-state index in [0.717, 1.165) is 6.42 Å². The van der Waals surface area contributed by atoms with Crippen LogP contribution >= 0.6 is 23.2 Å². The van der Waals surface area contributed by atoms with Gasteiger partial charge in [0, 0.05) is 0 Å². The maximum absolute atomic E-state index is 5.56. The molecule has 0 heterocycles. The number of hydrogen-bond acceptors (Lipinski definition) is 1. The Morgan fingerprint density at radius 1 is 1.70 bits per heavy atom. The number of nitrogens with zero attached hydrogens (tertiary/aromatic N) is 2. The van der Waals surface area contributed by atoms with E-state index < -0.39 is 0 Å². The lowest BCUT2D eigenvalue weighted by Crippen LogP contribution is -1.86. The number of rotatable bonds is 3. The number of hydrogen-bond donors (Lipinski definition) is 0. The predicted octanol–water partition coefficient (Wildman–Crippen LogP) is 2.65. The molecule has 1 unspecified atom stereocenters. The average Bonchev–Trinajstić information content (AvgIpc) is 1.87. The van der Waals surface area contributed by atoms with Crippen LogP contribution in [0.5, 0.6) is 0 Å². The van der Waals surface area contributed by atoms with Gasteiger partial charge in [-0.2, -0.15) is 0 Å². The molecule has 0 aromatic rings. The molecule has 0 aliphatic carbocycles. The molecule has 0 radical (unpaired) electrons. The van der Waals surface area contributed by atoms with E-state index in [9.17, 15) is 0 Å². The van der Waals surface area contributed by atoms with Crippen LogP contribution in [0, 0.1) is 0 Å². The number of alkyl halides is 1. The molecule has 4 heteroatoms. The van der Waals surface area contributed by atoms with Crippen molar-refractivity contribution in [1.29, 1.82) is 0 Å². The fraction of sp³-hybridized carbons (Fsp3) is 0.667. The van der Waals surface area contributed by atoms with Gasteiger partial charge in [0.1, 0.15) is 17.0 Å². The van der Waals surface area contributed by atoms with E-state index in [1.54, 1.807) is 6.92 Å². The molecule has 0 amide bonds. The first-order valence-electron chi connectivity index (χ1n) is 3.04. The minimum absolute atomic E-state index is 0.231. The molecule has 58 valence electrons. The van der Waals surface area contributed by atoms with E-state index in [2.05, 4.69) is 9.98 Å². The summed E-state index contributed by atoms with van der Waals surface area (Å²) < 4.78 is 0. The third-order valence-electron chi connectivity index (χ3n) is 0.762. The Morgan fingerprint density at radius 3 is 2.70 bits per heavy atom. The zero-order chi connectivity index (χ0) is 7.98. The highest BCUT2D eigenvalue weighted by Crippen LogP contribution is 1.94. The van der Waals surface area contributed by atoms with Gasteiger partial charge in [0.2, 0.25) is 0 Å². The van der Waals surface area contributed by atoms with Crippen LogP contribution in [0.2, 0.25) is 0 Å². The molecule has 0 aromatic carbocycles. The molecule has 0 aliphatic heterocycles. The molecule has 0 saturated heterocycles. The average molecular weight is 181 g/mol. The van der Waals surface area contributed by atoms with Gasteiger partial charge >= 0.3 is 0 Å². The van der Waals surface area contributed by atoms with Crippen molar-refractivity contribution < 1.29 is 0 Å². The van der Waals surface area contributed by atoms with Gasteiger partial charge < -0.3 is 0 Å². The van der Waals surface area contributed by atoms with Crippen LogP contribution in [0.3, 0.4) is 0 Å². The molecular formula is C6H10Cl2N2. The first-order chi connectivity index (χ1) is 4.66. The second-order valence-electron chi connectivity index (χ2n) is 1.70. The Balaban J connectivity index is 3.70. The first-order valence-corrected chi connectivity index (χ1v) is 3.86. The first kappa shape index (κ1) is 9.92. The molecule has 0 N–H and O–H groups in total. The third-order valence-corrected chi connectivity index (χ3v) is 1.24. The molecule has 2 nitrogen and oxygen atoms in total. The van der Waals surface area contributed by atoms with Crippen molar-refractivity contribution in [3.05, 3.63) is 0 Å². The summed E-state index contributed by atoms with van der Waals surface area (Å²) in [6.45, 7) is 3.68. The van der Waals surface area contributed by atoms with Crippen molar-refractivity contribution in [2.45, 2.75) is 25.8 Å². The molecular weight excluding hydrogens is 171 g/mol. The zero-order valence-corrected chi connectivity index (χ0v) is 7.52. The van der Waals surface area contributed by atoms with E-state index in [1.165, 1.54) is 6.34 Å². The molecule has 0 aliphatic rings. The Bertz CT molecular complexity index is 141. The quantitative estimate of drug-likeness (QED) is 0.276. The maximum atomic E-state index is 5.56. The smallest absolute Gasteiger partial charge is 0.122 e. The predicted molar refractivity (Wildman–Crippen MR) is 47.4 cm³/mol. The fourth-order valence-electron chi connectivity index (χ4n) is 0.279. The molecule has 0 spiro atoms. The lowest BCUT2D eigenvalue weighted by atomic mass is 10.5. The summed E-state index contributed by atoms with van der Waals surface area (Å²) in [7, 11) is 0. The maximum Gasteiger partial charge on any atom is 0.122 e. The third kappa shape index (κ3) is 6.05. The van der Waals surface area contributed by atoms with Gasteiger partial charge in [-0.25, -0.2) is 4.99 Å². The molecule has 0 saturated carbocycles. The van der Waals surface area contributed by atoms with Crippen LogP contribution in [-0.4, -0.2) is 17.0 Å². The van der Waals surface area contributed by atoms with Crippen LogP contribution in [-0.2, 0) is 0 Å². The van der Waals surface area contributed by atoms with Gasteiger partial charge in [-0.1, -0.05) is 30.1 Å². The monoisotopic (exact) mass is 180 g/mol. The van der Waals surface area contributed by atoms with Gasteiger partial charge in [0.25, 0.3) is 0 Å². The highest BCUT2D eigenvalue weighted by Gasteiger charge is 1.86. The van der Waals surface area contributed by atoms with E-state index in [-0.39, 0.29) is 5.50 Å². The Kier molecular flexibility index (Phi) is 5.64. The molecule has 0 rings (SSSR count). The molecule has 1 atom stereocenters. The second kappa shape index (κ2) is 5.69. The largest absolute Gasteiger partial charge is 0.254 e. The summed E-state index contributed by atoms with van der Waals surface area (Å²) in [4.78, 5) is 7.57. The van der Waals surface area contributed by atoms with Gasteiger partial charge in [0.05, 0.1) is 0 Å². The Hall–Kier alpha value is -0.0800. The van der Waals surface area contributed by atoms with Gasteiger partial charge in [-0.05, 0) is 13.3 Å². The zero-order valence-electron chi connectivity index (χ0n) is 6.01. The Labute approximate surface area is 71.0 Å². The topological polar surface area (TPSA) is 24.7 Å².